The molecule has 1 aromatic carbocycles. The van der Waals surface area contributed by atoms with E-state index in [1.165, 1.54) is 12.1 Å². The largest absolute Gasteiger partial charge is 0.355 e. The molecule has 1 fully saturated rings. The summed E-state index contributed by atoms with van der Waals surface area (Å²) >= 11 is 0. The van der Waals surface area contributed by atoms with E-state index in [9.17, 15) is 24.0 Å². The Hall–Kier alpha value is -3.03. The van der Waals surface area contributed by atoms with Crippen molar-refractivity contribution in [1.82, 2.24) is 9.96 Å². The Morgan fingerprint density at radius 2 is 1.54 bits per heavy atom. The number of fused-ring (bicyclic) bond motifs is 1. The van der Waals surface area contributed by atoms with Gasteiger partial charge in [0.05, 0.1) is 11.1 Å². The maximum atomic E-state index is 12.4. The first-order chi connectivity index (χ1) is 11.5. The Labute approximate surface area is 136 Å². The lowest BCUT2D eigenvalue weighted by atomic mass is 10.1. The van der Waals surface area contributed by atoms with E-state index in [0.29, 0.717) is 5.06 Å². The monoisotopic (exact) mass is 330 g/mol. The smallest absolute Gasteiger partial charge is 0.328 e. The van der Waals surface area contributed by atoms with Crippen LogP contribution in [0.2, 0.25) is 0 Å². The summed E-state index contributed by atoms with van der Waals surface area (Å²) in [7, 11) is 0. The lowest BCUT2D eigenvalue weighted by Crippen LogP contribution is -2.47. The van der Waals surface area contributed by atoms with E-state index in [0.717, 1.165) is 4.90 Å². The topological polar surface area (TPSA) is 101 Å². The first-order valence-electron chi connectivity index (χ1n) is 7.50. The summed E-state index contributed by atoms with van der Waals surface area (Å²) in [6, 6.07) is 5.03. The number of hydrogen-bond donors (Lipinski definition) is 0. The van der Waals surface area contributed by atoms with Crippen molar-refractivity contribution in [1.29, 1.82) is 0 Å². The molecular weight excluding hydrogens is 316 g/mol. The van der Waals surface area contributed by atoms with Crippen molar-refractivity contribution in [2.24, 2.45) is 0 Å². The lowest BCUT2D eigenvalue weighted by Gasteiger charge is -2.24. The average Bonchev–Trinajstić information content (AvgIpc) is 3.02. The molecule has 1 aromatic rings. The first-order valence-corrected chi connectivity index (χ1v) is 7.50. The average molecular weight is 330 g/mol. The van der Waals surface area contributed by atoms with Crippen molar-refractivity contribution in [2.45, 2.75) is 32.2 Å². The third kappa shape index (κ3) is 2.36. The van der Waals surface area contributed by atoms with E-state index in [1.807, 2.05) is 0 Å². The zero-order chi connectivity index (χ0) is 17.4. The molecule has 4 amide bonds. The summed E-state index contributed by atoms with van der Waals surface area (Å²) in [5.74, 6) is -3.43. The van der Waals surface area contributed by atoms with Crippen molar-refractivity contribution in [3.63, 3.8) is 0 Å². The van der Waals surface area contributed by atoms with Crippen molar-refractivity contribution < 1.29 is 28.8 Å². The molecule has 3 rings (SSSR count). The highest BCUT2D eigenvalue weighted by molar-refractivity contribution is 6.22. The molecule has 0 N–H and O–H groups in total. The van der Waals surface area contributed by atoms with E-state index in [-0.39, 0.29) is 30.4 Å². The van der Waals surface area contributed by atoms with Gasteiger partial charge in [-0.1, -0.05) is 19.1 Å². The van der Waals surface area contributed by atoms with E-state index in [1.54, 1.807) is 19.1 Å². The number of hydrogen-bond acceptors (Lipinski definition) is 6. The number of nitrogens with zero attached hydrogens (tertiary/aromatic N) is 2. The molecule has 2 aliphatic rings. The highest BCUT2D eigenvalue weighted by Gasteiger charge is 2.44. The summed E-state index contributed by atoms with van der Waals surface area (Å²) in [6.45, 7) is 1.60. The van der Waals surface area contributed by atoms with Crippen LogP contribution in [0.3, 0.4) is 0 Å². The molecule has 8 heteroatoms. The summed E-state index contributed by atoms with van der Waals surface area (Å²) < 4.78 is 0. The quantitative estimate of drug-likeness (QED) is 0.752. The predicted molar refractivity (Wildman–Crippen MR) is 78.2 cm³/mol. The zero-order valence-corrected chi connectivity index (χ0v) is 12.9. The lowest BCUT2D eigenvalue weighted by molar-refractivity contribution is -0.200. The van der Waals surface area contributed by atoms with Crippen LogP contribution in [0.5, 0.6) is 0 Å². The fourth-order valence-electron chi connectivity index (χ4n) is 2.75. The predicted octanol–water partition coefficient (Wildman–Crippen LogP) is 0.668. The van der Waals surface area contributed by atoms with E-state index in [2.05, 4.69) is 0 Å². The molecule has 0 unspecified atom stereocenters. The van der Waals surface area contributed by atoms with Crippen molar-refractivity contribution >= 4 is 29.6 Å². The Bertz CT molecular complexity index is 721. The second kappa shape index (κ2) is 5.88. The van der Waals surface area contributed by atoms with Gasteiger partial charge in [0.15, 0.2) is 0 Å². The minimum atomic E-state index is -1.21. The van der Waals surface area contributed by atoms with Crippen LogP contribution < -0.4 is 0 Å². The van der Waals surface area contributed by atoms with Crippen molar-refractivity contribution in [2.75, 3.05) is 0 Å². The number of benzene rings is 1. The summed E-state index contributed by atoms with van der Waals surface area (Å²) in [5.41, 5.74) is 0.421. The van der Waals surface area contributed by atoms with Gasteiger partial charge in [-0.15, -0.1) is 5.06 Å². The standard InChI is InChI=1S/C16H14N2O6/c1-2-11(16(23)24-18-12(19)7-8-13(18)20)17-14(21)9-5-3-4-6-10(9)15(17)22/h3-6,11H,2,7-8H2,1H3/t11-/m0/s1. The fourth-order valence-corrected chi connectivity index (χ4v) is 2.75. The van der Waals surface area contributed by atoms with Crippen LogP contribution in [-0.2, 0) is 19.2 Å². The number of hydroxylamine groups is 2. The molecule has 0 spiro atoms. The second-order valence-electron chi connectivity index (χ2n) is 5.44. The van der Waals surface area contributed by atoms with Gasteiger partial charge in [-0.3, -0.25) is 24.1 Å². The molecule has 8 nitrogen and oxygen atoms in total. The third-order valence-electron chi connectivity index (χ3n) is 3.98. The highest BCUT2D eigenvalue weighted by Crippen LogP contribution is 2.26. The van der Waals surface area contributed by atoms with E-state index >= 15 is 0 Å². The maximum absolute atomic E-state index is 12.4. The Morgan fingerprint density at radius 3 is 2.00 bits per heavy atom. The second-order valence-corrected chi connectivity index (χ2v) is 5.44. The Balaban J connectivity index is 1.83. The number of carbonyl (C=O) groups excluding carboxylic acids is 5. The molecule has 24 heavy (non-hydrogen) atoms. The maximum Gasteiger partial charge on any atom is 0.355 e. The van der Waals surface area contributed by atoms with Crippen molar-refractivity contribution in [3.8, 4) is 0 Å². The van der Waals surface area contributed by atoms with Crippen LogP contribution in [0.15, 0.2) is 24.3 Å². The van der Waals surface area contributed by atoms with Gasteiger partial charge in [-0.2, -0.15) is 0 Å². The van der Waals surface area contributed by atoms with E-state index < -0.39 is 35.6 Å². The molecule has 0 saturated carbocycles. The molecule has 2 heterocycles. The summed E-state index contributed by atoms with van der Waals surface area (Å²) in [5, 5.41) is 0.406. The number of imide groups is 2. The fraction of sp³-hybridized carbons (Fsp3) is 0.312. The molecule has 0 aromatic heterocycles. The van der Waals surface area contributed by atoms with Crippen LogP contribution in [0.25, 0.3) is 0 Å². The molecule has 1 atom stereocenters. The van der Waals surface area contributed by atoms with Gasteiger partial charge < -0.3 is 4.84 Å². The SMILES string of the molecule is CC[C@@H](C(=O)ON1C(=O)CCC1=O)N1C(=O)c2ccccc2C1=O. The Kier molecular flexibility index (Phi) is 3.88. The summed E-state index contributed by atoms with van der Waals surface area (Å²) in [4.78, 5) is 65.9. The summed E-state index contributed by atoms with van der Waals surface area (Å²) in [6.07, 6.45) is 0.0341. The Morgan fingerprint density at radius 1 is 1.04 bits per heavy atom. The van der Waals surface area contributed by atoms with Gasteiger partial charge in [-0.05, 0) is 18.6 Å². The highest BCUT2D eigenvalue weighted by atomic mass is 16.7. The van der Waals surface area contributed by atoms with Crippen LogP contribution >= 0.6 is 0 Å². The number of carbonyl (C=O) groups is 5. The van der Waals surface area contributed by atoms with Crippen LogP contribution in [0.1, 0.15) is 46.9 Å². The van der Waals surface area contributed by atoms with E-state index in [4.69, 9.17) is 4.84 Å². The van der Waals surface area contributed by atoms with Gasteiger partial charge in [0.1, 0.15) is 6.04 Å². The normalized spacial score (nSPS) is 18.2. The first kappa shape index (κ1) is 15.9. The minimum absolute atomic E-state index is 0.0318. The van der Waals surface area contributed by atoms with Gasteiger partial charge in [-0.25, -0.2) is 4.79 Å². The molecular formula is C16H14N2O6. The molecule has 0 bridgehead atoms. The molecule has 2 aliphatic heterocycles. The molecule has 0 radical (unpaired) electrons. The van der Waals surface area contributed by atoms with Gasteiger partial charge >= 0.3 is 5.97 Å². The van der Waals surface area contributed by atoms with Gasteiger partial charge in [0.2, 0.25) is 0 Å². The van der Waals surface area contributed by atoms with Crippen molar-refractivity contribution in [3.05, 3.63) is 35.4 Å². The van der Waals surface area contributed by atoms with Gasteiger partial charge in [0.25, 0.3) is 23.6 Å². The molecule has 124 valence electrons. The minimum Gasteiger partial charge on any atom is -0.328 e. The third-order valence-corrected chi connectivity index (χ3v) is 3.98. The molecule has 0 aliphatic carbocycles. The number of amides is 4. The van der Waals surface area contributed by atoms with Crippen LogP contribution in [0.4, 0.5) is 0 Å². The zero-order valence-electron chi connectivity index (χ0n) is 12.9. The van der Waals surface area contributed by atoms with Crippen LogP contribution in [-0.4, -0.2) is 45.6 Å². The number of rotatable bonds is 4. The van der Waals surface area contributed by atoms with Crippen LogP contribution in [0, 0.1) is 0 Å². The molecule has 1 saturated heterocycles. The van der Waals surface area contributed by atoms with Gasteiger partial charge in [0, 0.05) is 12.8 Å².